The summed E-state index contributed by atoms with van der Waals surface area (Å²) in [6.45, 7) is 1.00. The minimum atomic E-state index is -0.655. The van der Waals surface area contributed by atoms with Gasteiger partial charge in [-0.05, 0) is 42.0 Å². The lowest BCUT2D eigenvalue weighted by Gasteiger charge is -2.29. The molecular weight excluding hydrogens is 378 g/mol. The molecule has 0 unspecified atom stereocenters. The van der Waals surface area contributed by atoms with Gasteiger partial charge in [-0.25, -0.2) is 0 Å². The molecule has 0 aliphatic carbocycles. The van der Waals surface area contributed by atoms with Crippen molar-refractivity contribution >= 4 is 23.0 Å². The summed E-state index contributed by atoms with van der Waals surface area (Å²) >= 11 is 1.29. The molecule has 1 amide bonds. The highest BCUT2D eigenvalue weighted by Gasteiger charge is 2.45. The zero-order valence-corrected chi connectivity index (χ0v) is 16.3. The fraction of sp³-hybridized carbons (Fsp3) is 0.333. The summed E-state index contributed by atoms with van der Waals surface area (Å²) in [6.07, 6.45) is 1.71. The van der Waals surface area contributed by atoms with Gasteiger partial charge in [0.1, 0.15) is 5.75 Å². The second-order valence-electron chi connectivity index (χ2n) is 6.84. The van der Waals surface area contributed by atoms with E-state index < -0.39 is 17.7 Å². The Balaban J connectivity index is 1.74. The fourth-order valence-electron chi connectivity index (χ4n) is 3.75. The molecule has 1 saturated heterocycles. The number of methoxy groups -OCH3 is 1. The van der Waals surface area contributed by atoms with Gasteiger partial charge in [-0.3, -0.25) is 9.59 Å². The number of aliphatic hydroxyl groups excluding tert-OH is 1. The van der Waals surface area contributed by atoms with Crippen LogP contribution in [-0.4, -0.2) is 48.1 Å². The maximum atomic E-state index is 13.1. The molecule has 4 rings (SSSR count). The number of benzene rings is 1. The highest BCUT2D eigenvalue weighted by Crippen LogP contribution is 2.40. The Morgan fingerprint density at radius 1 is 1.32 bits per heavy atom. The number of carbonyl (C=O) groups excluding carboxylic acids is 2. The minimum absolute atomic E-state index is 0.0892. The number of hydrogen-bond acceptors (Lipinski definition) is 6. The first-order valence-electron chi connectivity index (χ1n) is 9.18. The van der Waals surface area contributed by atoms with Gasteiger partial charge in [0.05, 0.1) is 29.7 Å². The van der Waals surface area contributed by atoms with Crippen molar-refractivity contribution in [1.29, 1.82) is 0 Å². The van der Waals surface area contributed by atoms with E-state index >= 15 is 0 Å². The maximum absolute atomic E-state index is 13.1. The molecule has 0 bridgehead atoms. The Labute approximate surface area is 167 Å². The molecule has 3 heterocycles. The van der Waals surface area contributed by atoms with Crippen LogP contribution in [0.1, 0.15) is 34.1 Å². The Morgan fingerprint density at radius 2 is 2.11 bits per heavy atom. The van der Waals surface area contributed by atoms with Crippen LogP contribution in [0.3, 0.4) is 0 Å². The number of thiophene rings is 1. The lowest BCUT2D eigenvalue weighted by atomic mass is 9.95. The van der Waals surface area contributed by atoms with Crippen molar-refractivity contribution in [3.63, 3.8) is 0 Å². The van der Waals surface area contributed by atoms with Crippen LogP contribution in [0.25, 0.3) is 0 Å². The topological polar surface area (TPSA) is 76.1 Å². The standard InChI is InChI=1S/C21H21NO5S/c1-26-14-8-6-13(7-9-14)18-17(19(23)16-5-3-11-28-16)20(24)21(25)22(18)12-15-4-2-10-27-15/h3,5-9,11,15,18,24H,2,4,10,12H2,1H3/t15-,18+/m1/s1. The van der Waals surface area contributed by atoms with Crippen LogP contribution in [-0.2, 0) is 9.53 Å². The van der Waals surface area contributed by atoms with Crippen LogP contribution in [0.15, 0.2) is 53.1 Å². The summed E-state index contributed by atoms with van der Waals surface area (Å²) in [7, 11) is 1.58. The van der Waals surface area contributed by atoms with Crippen molar-refractivity contribution in [2.24, 2.45) is 0 Å². The van der Waals surface area contributed by atoms with Gasteiger partial charge >= 0.3 is 0 Å². The van der Waals surface area contributed by atoms with Crippen molar-refractivity contribution in [2.45, 2.75) is 25.0 Å². The molecule has 6 nitrogen and oxygen atoms in total. The molecular formula is C21H21NO5S. The van der Waals surface area contributed by atoms with Crippen molar-refractivity contribution in [2.75, 3.05) is 20.3 Å². The summed E-state index contributed by atoms with van der Waals surface area (Å²) in [5.41, 5.74) is 0.867. The number of amides is 1. The number of ketones is 1. The first-order chi connectivity index (χ1) is 13.6. The van der Waals surface area contributed by atoms with Gasteiger partial charge in [-0.15, -0.1) is 11.3 Å². The SMILES string of the molecule is COc1ccc([C@H]2C(C(=O)c3cccs3)=C(O)C(=O)N2C[C@H]2CCCO2)cc1. The molecule has 28 heavy (non-hydrogen) atoms. The van der Waals surface area contributed by atoms with E-state index in [0.29, 0.717) is 23.8 Å². The third kappa shape index (κ3) is 3.31. The highest BCUT2D eigenvalue weighted by atomic mass is 32.1. The zero-order chi connectivity index (χ0) is 19.7. The lowest BCUT2D eigenvalue weighted by molar-refractivity contribution is -0.131. The number of nitrogens with zero attached hydrogens (tertiary/aromatic N) is 1. The Kier molecular flexibility index (Phi) is 5.19. The molecule has 7 heteroatoms. The van der Waals surface area contributed by atoms with E-state index in [-0.39, 0.29) is 17.5 Å². The second kappa shape index (κ2) is 7.77. The molecule has 1 fully saturated rings. The molecule has 0 radical (unpaired) electrons. The van der Waals surface area contributed by atoms with Crippen LogP contribution >= 0.6 is 11.3 Å². The first kappa shape index (κ1) is 18.7. The number of carbonyl (C=O) groups is 2. The minimum Gasteiger partial charge on any atom is -0.503 e. The molecule has 2 aliphatic rings. The molecule has 0 spiro atoms. The van der Waals surface area contributed by atoms with Crippen LogP contribution in [0.5, 0.6) is 5.75 Å². The van der Waals surface area contributed by atoms with Gasteiger partial charge in [0.25, 0.3) is 5.91 Å². The van der Waals surface area contributed by atoms with Crippen LogP contribution < -0.4 is 4.74 Å². The van der Waals surface area contributed by atoms with Crippen LogP contribution in [0.2, 0.25) is 0 Å². The van der Waals surface area contributed by atoms with Gasteiger partial charge in [0.2, 0.25) is 5.78 Å². The third-order valence-corrected chi connectivity index (χ3v) is 6.02. The molecule has 1 N–H and O–H groups in total. The lowest BCUT2D eigenvalue weighted by Crippen LogP contribution is -2.37. The molecule has 0 saturated carbocycles. The fourth-order valence-corrected chi connectivity index (χ4v) is 4.43. The predicted molar refractivity (Wildman–Crippen MR) is 105 cm³/mol. The number of hydrogen-bond donors (Lipinski definition) is 1. The van der Waals surface area contributed by atoms with Crippen LogP contribution in [0, 0.1) is 0 Å². The van der Waals surface area contributed by atoms with E-state index in [0.717, 1.165) is 18.4 Å². The summed E-state index contributed by atoms with van der Waals surface area (Å²) in [5.74, 6) is -0.650. The second-order valence-corrected chi connectivity index (χ2v) is 7.78. The van der Waals surface area contributed by atoms with Gasteiger partial charge in [0, 0.05) is 13.2 Å². The monoisotopic (exact) mass is 399 g/mol. The number of ether oxygens (including phenoxy) is 2. The highest BCUT2D eigenvalue weighted by molar-refractivity contribution is 7.12. The van der Waals surface area contributed by atoms with E-state index in [1.54, 1.807) is 41.7 Å². The number of Topliss-reactive ketones (excluding diaryl/α,β-unsaturated/α-hetero) is 1. The Morgan fingerprint density at radius 3 is 2.71 bits per heavy atom. The molecule has 2 aromatic rings. The molecule has 1 aromatic carbocycles. The van der Waals surface area contributed by atoms with Gasteiger partial charge < -0.3 is 19.5 Å². The number of rotatable bonds is 6. The summed E-state index contributed by atoms with van der Waals surface area (Å²) < 4.78 is 10.9. The summed E-state index contributed by atoms with van der Waals surface area (Å²) in [4.78, 5) is 28.0. The smallest absolute Gasteiger partial charge is 0.290 e. The van der Waals surface area contributed by atoms with Crippen molar-refractivity contribution < 1.29 is 24.2 Å². The van der Waals surface area contributed by atoms with Gasteiger partial charge in [-0.2, -0.15) is 0 Å². The summed E-state index contributed by atoms with van der Waals surface area (Å²) in [6, 6.07) is 10.0. The van der Waals surface area contributed by atoms with Crippen molar-refractivity contribution in [1.82, 2.24) is 4.90 Å². The average molecular weight is 399 g/mol. The summed E-state index contributed by atoms with van der Waals surface area (Å²) in [5, 5.41) is 12.4. The molecule has 2 atom stereocenters. The van der Waals surface area contributed by atoms with E-state index in [1.165, 1.54) is 11.3 Å². The first-order valence-corrected chi connectivity index (χ1v) is 10.1. The van der Waals surface area contributed by atoms with Gasteiger partial charge in [-0.1, -0.05) is 18.2 Å². The predicted octanol–water partition coefficient (Wildman–Crippen LogP) is 3.51. The van der Waals surface area contributed by atoms with E-state index in [1.807, 2.05) is 12.1 Å². The zero-order valence-electron chi connectivity index (χ0n) is 15.5. The Hall–Kier alpha value is -2.64. The van der Waals surface area contributed by atoms with E-state index in [9.17, 15) is 14.7 Å². The van der Waals surface area contributed by atoms with Crippen LogP contribution in [0.4, 0.5) is 0 Å². The Bertz CT molecular complexity index is 897. The molecule has 146 valence electrons. The molecule has 2 aliphatic heterocycles. The average Bonchev–Trinajstić information content (AvgIpc) is 3.46. The third-order valence-electron chi connectivity index (χ3n) is 5.15. The maximum Gasteiger partial charge on any atom is 0.290 e. The van der Waals surface area contributed by atoms with E-state index in [2.05, 4.69) is 0 Å². The largest absolute Gasteiger partial charge is 0.503 e. The number of aliphatic hydroxyl groups is 1. The molecule has 1 aromatic heterocycles. The normalized spacial score (nSPS) is 22.2. The van der Waals surface area contributed by atoms with E-state index in [4.69, 9.17) is 9.47 Å². The van der Waals surface area contributed by atoms with Crippen molar-refractivity contribution in [3.8, 4) is 5.75 Å². The quantitative estimate of drug-likeness (QED) is 0.753. The van der Waals surface area contributed by atoms with Gasteiger partial charge in [0.15, 0.2) is 5.76 Å². The van der Waals surface area contributed by atoms with Crippen molar-refractivity contribution in [3.05, 3.63) is 63.6 Å².